The number of anilines is 2. The average molecular weight is 664 g/mol. The van der Waals surface area contributed by atoms with Crippen molar-refractivity contribution in [3.8, 4) is 0 Å². The Morgan fingerprint density at radius 3 is 1.59 bits per heavy atom. The number of aliphatic hydroxyl groups is 1. The van der Waals surface area contributed by atoms with Gasteiger partial charge in [0.25, 0.3) is 0 Å². The summed E-state index contributed by atoms with van der Waals surface area (Å²) in [5.41, 5.74) is 11.9. The summed E-state index contributed by atoms with van der Waals surface area (Å²) < 4.78 is 2.37. The fourth-order valence-electron chi connectivity index (χ4n) is 7.15. The highest BCUT2D eigenvalue weighted by Gasteiger charge is 2.39. The second-order valence-electron chi connectivity index (χ2n) is 12.4. The van der Waals surface area contributed by atoms with Gasteiger partial charge in [0.2, 0.25) is 5.71 Å². The second kappa shape index (κ2) is 12.3. The maximum Gasteiger partial charge on any atom is 0.206 e. The van der Waals surface area contributed by atoms with Crippen LogP contribution in [-0.2, 0) is 10.8 Å². The zero-order valence-corrected chi connectivity index (χ0v) is 28.0. The first kappa shape index (κ1) is 31.3. The van der Waals surface area contributed by atoms with Crippen LogP contribution in [0.1, 0.15) is 65.0 Å². The van der Waals surface area contributed by atoms with Crippen molar-refractivity contribution < 1.29 is 33.7 Å². The van der Waals surface area contributed by atoms with E-state index in [9.17, 15) is 5.11 Å². The van der Waals surface area contributed by atoms with Gasteiger partial charge in [-0.3, -0.25) is 0 Å². The number of rotatable bonds is 5. The summed E-state index contributed by atoms with van der Waals surface area (Å²) in [6.07, 6.45) is 12.6. The molecule has 1 saturated carbocycles. The molecular weight excluding hydrogens is 617 g/mol. The van der Waals surface area contributed by atoms with Crippen molar-refractivity contribution >= 4 is 17.1 Å². The lowest BCUT2D eigenvalue weighted by Gasteiger charge is -2.25. The lowest BCUT2D eigenvalue weighted by atomic mass is 9.82. The molecule has 0 saturated heterocycles. The summed E-state index contributed by atoms with van der Waals surface area (Å²) in [7, 11) is 4.37. The van der Waals surface area contributed by atoms with Crippen LogP contribution in [0, 0.1) is 0 Å². The highest BCUT2D eigenvalue weighted by Crippen LogP contribution is 2.48. The lowest BCUT2D eigenvalue weighted by molar-refractivity contribution is -0.526. The van der Waals surface area contributed by atoms with E-state index in [0.717, 1.165) is 25.8 Å². The smallest absolute Gasteiger partial charge is 0.206 e. The molecule has 0 spiro atoms. The molecule has 3 aliphatic rings. The van der Waals surface area contributed by atoms with Crippen LogP contribution in [0.15, 0.2) is 95.4 Å². The molecule has 5 heteroatoms. The van der Waals surface area contributed by atoms with E-state index in [0.29, 0.717) is 6.54 Å². The Hall–Kier alpha value is -2.64. The van der Waals surface area contributed by atoms with Crippen LogP contribution in [0.2, 0.25) is 0 Å². The normalized spacial score (nSPS) is 22.9. The molecule has 41 heavy (non-hydrogen) atoms. The average Bonchev–Trinajstić information content (AvgIpc) is 3.27. The maximum atomic E-state index is 9.95. The van der Waals surface area contributed by atoms with Crippen molar-refractivity contribution in [2.75, 3.05) is 43.6 Å². The molecule has 4 nitrogen and oxygen atoms in total. The summed E-state index contributed by atoms with van der Waals surface area (Å²) >= 11 is 0. The van der Waals surface area contributed by atoms with Crippen molar-refractivity contribution in [2.24, 2.45) is 0 Å². The molecule has 5 rings (SSSR count). The molecule has 0 radical (unpaired) electrons. The van der Waals surface area contributed by atoms with E-state index in [1.54, 1.807) is 0 Å². The molecule has 1 N–H and O–H groups in total. The number of likely N-dealkylation sites (N-methyl/N-ethyl adjacent to an activating group) is 3. The van der Waals surface area contributed by atoms with Gasteiger partial charge in [-0.15, -0.1) is 0 Å². The SMILES string of the molecule is CC[N+](CCO)=C1/C(=C/C=C2/N(C)c3ccccc3C2(C)C)CCC/C1=C\C=C1\N(C)c2ccccc2C1(C)C.[I-]. The Morgan fingerprint density at radius 2 is 1.20 bits per heavy atom. The van der Waals surface area contributed by atoms with Crippen LogP contribution >= 0.6 is 0 Å². The monoisotopic (exact) mass is 663 g/mol. The minimum Gasteiger partial charge on any atom is -1.00 e. The molecule has 0 bridgehead atoms. The molecule has 2 aliphatic heterocycles. The van der Waals surface area contributed by atoms with Gasteiger partial charge in [0.1, 0.15) is 13.2 Å². The van der Waals surface area contributed by atoms with E-state index >= 15 is 0 Å². The van der Waals surface area contributed by atoms with Crippen LogP contribution < -0.4 is 33.8 Å². The third kappa shape index (κ3) is 5.48. The molecule has 1 fully saturated rings. The van der Waals surface area contributed by atoms with Gasteiger partial charge < -0.3 is 38.9 Å². The number of aliphatic hydroxyl groups excluding tert-OH is 1. The number of hydrogen-bond acceptors (Lipinski definition) is 3. The minimum atomic E-state index is -0.0521. The summed E-state index contributed by atoms with van der Waals surface area (Å²) in [5.74, 6) is 0. The van der Waals surface area contributed by atoms with Gasteiger partial charge in [0, 0.05) is 58.8 Å². The standard InChI is InChI=1S/C36H46N3O.HI/c1-8-39(24-25-40)34-26(20-22-32-35(2,3)28-16-9-11-18-30(28)37(32)6)14-13-15-27(34)21-23-33-36(4,5)29-17-10-12-19-31(29)38(33)7;/h9-12,16-23,40H,8,13-15,24-25H2,1-7H3;1H/q+1;/p-1. The number of hydrogen-bond donors (Lipinski definition) is 1. The van der Waals surface area contributed by atoms with Gasteiger partial charge in [-0.2, -0.15) is 0 Å². The molecule has 0 unspecified atom stereocenters. The van der Waals surface area contributed by atoms with Crippen LogP contribution in [0.4, 0.5) is 11.4 Å². The quantitative estimate of drug-likeness (QED) is 0.386. The minimum absolute atomic E-state index is 0. The first-order chi connectivity index (χ1) is 19.1. The maximum absolute atomic E-state index is 9.95. The van der Waals surface area contributed by atoms with Gasteiger partial charge in [-0.05, 0) is 61.6 Å². The van der Waals surface area contributed by atoms with E-state index in [-0.39, 0.29) is 41.4 Å². The Kier molecular flexibility index (Phi) is 9.39. The molecule has 0 atom stereocenters. The summed E-state index contributed by atoms with van der Waals surface area (Å²) in [5, 5.41) is 9.95. The van der Waals surface area contributed by atoms with Crippen LogP contribution in [0.5, 0.6) is 0 Å². The molecule has 2 heterocycles. The first-order valence-corrected chi connectivity index (χ1v) is 14.9. The zero-order valence-electron chi connectivity index (χ0n) is 25.8. The summed E-state index contributed by atoms with van der Waals surface area (Å²) in [6, 6.07) is 17.5. The van der Waals surface area contributed by atoms with Crippen molar-refractivity contribution in [2.45, 2.75) is 64.7 Å². The van der Waals surface area contributed by atoms with Crippen molar-refractivity contribution in [1.29, 1.82) is 0 Å². The largest absolute Gasteiger partial charge is 1.00 e. The molecule has 1 aliphatic carbocycles. The highest BCUT2D eigenvalue weighted by molar-refractivity contribution is 6.10. The molecule has 218 valence electrons. The fourth-order valence-corrected chi connectivity index (χ4v) is 7.15. The Bertz CT molecular complexity index is 1360. The molecule has 2 aromatic carbocycles. The molecular formula is C36H46IN3O. The predicted molar refractivity (Wildman–Crippen MR) is 170 cm³/mol. The zero-order chi connectivity index (χ0) is 28.7. The Labute approximate surface area is 264 Å². The number of fused-ring (bicyclic) bond motifs is 2. The van der Waals surface area contributed by atoms with Gasteiger partial charge in [0.15, 0.2) is 6.54 Å². The van der Waals surface area contributed by atoms with E-state index in [4.69, 9.17) is 0 Å². The van der Waals surface area contributed by atoms with Gasteiger partial charge in [-0.1, -0.05) is 76.2 Å². The summed E-state index contributed by atoms with van der Waals surface area (Å²) in [6.45, 7) is 13.1. The summed E-state index contributed by atoms with van der Waals surface area (Å²) in [4.78, 5) is 4.69. The number of halogens is 1. The number of nitrogens with zero attached hydrogens (tertiary/aromatic N) is 3. The number of benzene rings is 2. The van der Waals surface area contributed by atoms with Crippen molar-refractivity contribution in [3.63, 3.8) is 0 Å². The van der Waals surface area contributed by atoms with Crippen LogP contribution in [0.25, 0.3) is 0 Å². The van der Waals surface area contributed by atoms with Crippen LogP contribution in [0.3, 0.4) is 0 Å². The fraction of sp³-hybridized carbons (Fsp3) is 0.417. The van der Waals surface area contributed by atoms with Crippen LogP contribution in [-0.4, -0.2) is 49.2 Å². The van der Waals surface area contributed by atoms with E-state index in [1.165, 1.54) is 50.8 Å². The van der Waals surface area contributed by atoms with Crippen molar-refractivity contribution in [1.82, 2.24) is 0 Å². The van der Waals surface area contributed by atoms with Gasteiger partial charge in [-0.25, -0.2) is 4.58 Å². The highest BCUT2D eigenvalue weighted by atomic mass is 127. The Balaban J connectivity index is 0.00000387. The molecule has 2 aromatic rings. The van der Waals surface area contributed by atoms with E-state index in [1.807, 2.05) is 0 Å². The molecule has 0 aromatic heterocycles. The topological polar surface area (TPSA) is 29.7 Å². The molecule has 0 amide bonds. The predicted octanol–water partition coefficient (Wildman–Crippen LogP) is 4.12. The second-order valence-corrected chi connectivity index (χ2v) is 12.4. The lowest BCUT2D eigenvalue weighted by Crippen LogP contribution is -3.00. The Morgan fingerprint density at radius 1 is 0.756 bits per heavy atom. The first-order valence-electron chi connectivity index (χ1n) is 14.9. The van der Waals surface area contributed by atoms with Crippen molar-refractivity contribution in [3.05, 3.63) is 107 Å². The third-order valence-electron chi connectivity index (χ3n) is 9.33. The van der Waals surface area contributed by atoms with Gasteiger partial charge in [0.05, 0.1) is 0 Å². The number of para-hydroxylation sites is 2. The third-order valence-corrected chi connectivity index (χ3v) is 9.33. The van der Waals surface area contributed by atoms with E-state index in [2.05, 4.69) is 136 Å². The van der Waals surface area contributed by atoms with E-state index < -0.39 is 0 Å². The number of allylic oxidation sites excluding steroid dienone is 8. The van der Waals surface area contributed by atoms with Gasteiger partial charge >= 0.3 is 0 Å².